The van der Waals surface area contributed by atoms with Gasteiger partial charge in [-0.1, -0.05) is 39.5 Å². The average molecular weight is 315 g/mol. The molecule has 1 aromatic heterocycles. The van der Waals surface area contributed by atoms with Gasteiger partial charge in [-0.2, -0.15) is 0 Å². The van der Waals surface area contributed by atoms with Gasteiger partial charge in [-0.05, 0) is 26.7 Å². The third kappa shape index (κ3) is 6.37. The van der Waals surface area contributed by atoms with E-state index in [0.717, 1.165) is 0 Å². The number of aromatic nitrogens is 2. The highest BCUT2D eigenvalue weighted by molar-refractivity contribution is 7.99. The second-order valence-electron chi connectivity index (χ2n) is 6.44. The number of thioether (sulfide) groups is 1. The molecule has 0 unspecified atom stereocenters. The Morgan fingerprint density at radius 2 is 1.86 bits per heavy atom. The monoisotopic (exact) mass is 315 g/mol. The molecule has 1 aromatic rings. The molecule has 0 bridgehead atoms. The SMILES string of the molecule is CC(C)Sc1nnc([C@@H](NC(=O)OC(C)(C)C)C(C)C)o1. The van der Waals surface area contributed by atoms with Crippen LogP contribution in [0.1, 0.15) is 60.4 Å². The van der Waals surface area contributed by atoms with Crippen LogP contribution in [-0.2, 0) is 4.74 Å². The van der Waals surface area contributed by atoms with Gasteiger partial charge in [-0.25, -0.2) is 4.79 Å². The van der Waals surface area contributed by atoms with Gasteiger partial charge in [0.25, 0.3) is 5.22 Å². The zero-order chi connectivity index (χ0) is 16.2. The van der Waals surface area contributed by atoms with E-state index in [1.54, 1.807) is 0 Å². The van der Waals surface area contributed by atoms with E-state index in [1.165, 1.54) is 11.8 Å². The summed E-state index contributed by atoms with van der Waals surface area (Å²) in [6, 6.07) is -0.367. The predicted octanol–water partition coefficient (Wildman–Crippen LogP) is 3.79. The number of alkyl carbamates (subject to hydrolysis) is 1. The van der Waals surface area contributed by atoms with E-state index in [9.17, 15) is 4.79 Å². The zero-order valence-electron chi connectivity index (χ0n) is 13.8. The lowest BCUT2D eigenvalue weighted by atomic mass is 10.1. The number of amides is 1. The van der Waals surface area contributed by atoms with Crippen molar-refractivity contribution in [3.8, 4) is 0 Å². The molecular formula is C14H25N3O3S. The molecule has 1 rings (SSSR count). The van der Waals surface area contributed by atoms with Crippen LogP contribution in [-0.4, -0.2) is 27.1 Å². The number of hydrogen-bond donors (Lipinski definition) is 1. The highest BCUT2D eigenvalue weighted by Crippen LogP contribution is 2.26. The molecule has 0 aliphatic rings. The Bertz CT molecular complexity index is 466. The van der Waals surface area contributed by atoms with Crippen molar-refractivity contribution in [1.82, 2.24) is 15.5 Å². The summed E-state index contributed by atoms with van der Waals surface area (Å²) in [5, 5.41) is 11.7. The van der Waals surface area contributed by atoms with Crippen molar-refractivity contribution in [1.29, 1.82) is 0 Å². The summed E-state index contributed by atoms with van der Waals surface area (Å²) in [6.45, 7) is 13.5. The first-order valence-corrected chi connectivity index (χ1v) is 7.96. The van der Waals surface area contributed by atoms with Crippen molar-refractivity contribution in [3.63, 3.8) is 0 Å². The normalized spacial score (nSPS) is 13.6. The molecule has 7 heteroatoms. The topological polar surface area (TPSA) is 77.2 Å². The van der Waals surface area contributed by atoms with Crippen molar-refractivity contribution in [2.45, 2.75) is 70.6 Å². The highest BCUT2D eigenvalue weighted by Gasteiger charge is 2.27. The first-order chi connectivity index (χ1) is 9.58. The molecule has 0 aromatic carbocycles. The van der Waals surface area contributed by atoms with Crippen LogP contribution in [0.25, 0.3) is 0 Å². The van der Waals surface area contributed by atoms with Crippen LogP contribution < -0.4 is 5.32 Å². The minimum atomic E-state index is -0.543. The molecule has 0 saturated heterocycles. The van der Waals surface area contributed by atoms with E-state index in [-0.39, 0.29) is 12.0 Å². The summed E-state index contributed by atoms with van der Waals surface area (Å²) in [7, 11) is 0. The Balaban J connectivity index is 2.78. The molecule has 0 aliphatic heterocycles. The van der Waals surface area contributed by atoms with Gasteiger partial charge >= 0.3 is 6.09 Å². The number of carbonyl (C=O) groups is 1. The fourth-order valence-electron chi connectivity index (χ4n) is 1.54. The summed E-state index contributed by atoms with van der Waals surface area (Å²) < 4.78 is 10.9. The molecule has 6 nitrogen and oxygen atoms in total. The number of nitrogens with one attached hydrogen (secondary N) is 1. The summed E-state index contributed by atoms with van der Waals surface area (Å²) in [4.78, 5) is 11.9. The van der Waals surface area contributed by atoms with Gasteiger partial charge < -0.3 is 14.5 Å². The Morgan fingerprint density at radius 3 is 2.33 bits per heavy atom. The minimum absolute atomic E-state index is 0.106. The number of carbonyl (C=O) groups excluding carboxylic acids is 1. The van der Waals surface area contributed by atoms with E-state index in [2.05, 4.69) is 15.5 Å². The molecule has 0 radical (unpaired) electrons. The van der Waals surface area contributed by atoms with Crippen LogP contribution in [0.2, 0.25) is 0 Å². The van der Waals surface area contributed by atoms with Crippen molar-refractivity contribution >= 4 is 17.9 Å². The van der Waals surface area contributed by atoms with Crippen LogP contribution in [0.15, 0.2) is 9.64 Å². The van der Waals surface area contributed by atoms with Crippen molar-refractivity contribution in [2.75, 3.05) is 0 Å². The predicted molar refractivity (Wildman–Crippen MR) is 82.2 cm³/mol. The lowest BCUT2D eigenvalue weighted by Crippen LogP contribution is -2.37. The van der Waals surface area contributed by atoms with Gasteiger partial charge in [0.2, 0.25) is 5.89 Å². The molecule has 0 fully saturated rings. The largest absolute Gasteiger partial charge is 0.444 e. The standard InChI is InChI=1S/C14H25N3O3S/c1-8(2)10(15-12(18)20-14(5,6)7)11-16-17-13(19-11)21-9(3)4/h8-10H,1-7H3,(H,15,18)/t10-/m0/s1. The molecule has 0 aliphatic carbocycles. The molecular weight excluding hydrogens is 290 g/mol. The number of rotatable bonds is 5. The van der Waals surface area contributed by atoms with Gasteiger partial charge in [0.1, 0.15) is 11.6 Å². The minimum Gasteiger partial charge on any atom is -0.444 e. The van der Waals surface area contributed by atoms with Gasteiger partial charge in [-0.15, -0.1) is 10.2 Å². The van der Waals surface area contributed by atoms with Crippen LogP contribution in [0.3, 0.4) is 0 Å². The number of hydrogen-bond acceptors (Lipinski definition) is 6. The lowest BCUT2D eigenvalue weighted by molar-refractivity contribution is 0.0477. The zero-order valence-corrected chi connectivity index (χ0v) is 14.6. The number of ether oxygens (including phenoxy) is 1. The van der Waals surface area contributed by atoms with Gasteiger partial charge in [0.05, 0.1) is 0 Å². The Labute approximate surface area is 130 Å². The molecule has 1 amide bonds. The quantitative estimate of drug-likeness (QED) is 0.833. The summed E-state index contributed by atoms with van der Waals surface area (Å²) in [5.41, 5.74) is -0.543. The molecule has 1 N–H and O–H groups in total. The summed E-state index contributed by atoms with van der Waals surface area (Å²) in [5.74, 6) is 0.508. The van der Waals surface area contributed by atoms with E-state index >= 15 is 0 Å². The molecule has 21 heavy (non-hydrogen) atoms. The Hall–Kier alpha value is -1.24. The molecule has 1 atom stereocenters. The van der Waals surface area contributed by atoms with E-state index < -0.39 is 11.7 Å². The second kappa shape index (κ2) is 7.15. The van der Waals surface area contributed by atoms with Crippen LogP contribution in [0.4, 0.5) is 4.79 Å². The maximum absolute atomic E-state index is 11.9. The van der Waals surface area contributed by atoms with Gasteiger partial charge in [0, 0.05) is 5.25 Å². The van der Waals surface area contributed by atoms with Crippen LogP contribution in [0.5, 0.6) is 0 Å². The van der Waals surface area contributed by atoms with Crippen molar-refractivity contribution in [2.24, 2.45) is 5.92 Å². The van der Waals surface area contributed by atoms with Crippen LogP contribution in [0, 0.1) is 5.92 Å². The Morgan fingerprint density at radius 1 is 1.24 bits per heavy atom. The van der Waals surface area contributed by atoms with Crippen LogP contribution >= 0.6 is 11.8 Å². The molecule has 0 spiro atoms. The lowest BCUT2D eigenvalue weighted by Gasteiger charge is -2.23. The highest BCUT2D eigenvalue weighted by atomic mass is 32.2. The Kier molecular flexibility index (Phi) is 6.07. The van der Waals surface area contributed by atoms with E-state index in [0.29, 0.717) is 16.4 Å². The third-order valence-electron chi connectivity index (χ3n) is 2.36. The second-order valence-corrected chi connectivity index (χ2v) is 7.97. The van der Waals surface area contributed by atoms with E-state index in [4.69, 9.17) is 9.15 Å². The maximum atomic E-state index is 11.9. The first kappa shape index (κ1) is 17.8. The van der Waals surface area contributed by atoms with Gasteiger partial charge in [0.15, 0.2) is 0 Å². The van der Waals surface area contributed by atoms with Gasteiger partial charge in [-0.3, -0.25) is 0 Å². The fourth-order valence-corrected chi connectivity index (χ4v) is 2.17. The summed E-state index contributed by atoms with van der Waals surface area (Å²) in [6.07, 6.45) is -0.488. The molecule has 0 saturated carbocycles. The average Bonchev–Trinajstić information content (AvgIpc) is 2.70. The maximum Gasteiger partial charge on any atom is 0.408 e. The first-order valence-electron chi connectivity index (χ1n) is 7.08. The molecule has 1 heterocycles. The third-order valence-corrected chi connectivity index (χ3v) is 3.20. The number of nitrogens with zero attached hydrogens (tertiary/aromatic N) is 2. The smallest absolute Gasteiger partial charge is 0.408 e. The molecule has 120 valence electrons. The van der Waals surface area contributed by atoms with Crippen molar-refractivity contribution in [3.05, 3.63) is 5.89 Å². The van der Waals surface area contributed by atoms with Crippen molar-refractivity contribution < 1.29 is 13.9 Å². The summed E-state index contributed by atoms with van der Waals surface area (Å²) >= 11 is 1.49. The fraction of sp³-hybridized carbons (Fsp3) is 0.786. The van der Waals surface area contributed by atoms with E-state index in [1.807, 2.05) is 48.5 Å².